The Morgan fingerprint density at radius 1 is 1.26 bits per heavy atom. The Morgan fingerprint density at radius 2 is 2.19 bits per heavy atom. The van der Waals surface area contributed by atoms with Crippen LogP contribution in [-0.4, -0.2) is 34.3 Å². The van der Waals surface area contributed by atoms with E-state index in [1.165, 1.54) is 0 Å². The van der Waals surface area contributed by atoms with Gasteiger partial charge >= 0.3 is 0 Å². The van der Waals surface area contributed by atoms with Gasteiger partial charge in [0.1, 0.15) is 17.3 Å². The fraction of sp³-hybridized carbons (Fsp3) is 0.300. The Bertz CT molecular complexity index is 914. The van der Waals surface area contributed by atoms with Gasteiger partial charge in [-0.05, 0) is 43.2 Å². The minimum Gasteiger partial charge on any atom is -0.459 e. The summed E-state index contributed by atoms with van der Waals surface area (Å²) in [6.07, 6.45) is 3.25. The van der Waals surface area contributed by atoms with Crippen molar-refractivity contribution in [3.05, 3.63) is 59.4 Å². The zero-order valence-corrected chi connectivity index (χ0v) is 15.6. The maximum absolute atomic E-state index is 9.85. The van der Waals surface area contributed by atoms with Gasteiger partial charge in [0.15, 0.2) is 0 Å². The van der Waals surface area contributed by atoms with E-state index in [1.807, 2.05) is 42.5 Å². The molecular weight excluding hydrogens is 364 g/mol. The molecule has 1 saturated heterocycles. The van der Waals surface area contributed by atoms with Crippen molar-refractivity contribution in [1.29, 1.82) is 0 Å². The van der Waals surface area contributed by atoms with Gasteiger partial charge in [0, 0.05) is 29.9 Å². The number of aliphatic hydroxyl groups excluding tert-OH is 1. The molecule has 0 bridgehead atoms. The summed E-state index contributed by atoms with van der Waals surface area (Å²) in [5.41, 5.74) is 0.940. The highest BCUT2D eigenvalue weighted by atomic mass is 35.5. The molecule has 2 aromatic heterocycles. The van der Waals surface area contributed by atoms with Crippen LogP contribution >= 0.6 is 11.6 Å². The molecule has 0 spiro atoms. The van der Waals surface area contributed by atoms with Crippen LogP contribution in [-0.2, 0) is 6.54 Å². The number of benzene rings is 1. The van der Waals surface area contributed by atoms with E-state index >= 15 is 0 Å². The monoisotopic (exact) mass is 384 g/mol. The van der Waals surface area contributed by atoms with Crippen molar-refractivity contribution in [2.45, 2.75) is 25.5 Å². The number of piperidine rings is 1. The molecule has 0 aliphatic carbocycles. The minimum atomic E-state index is -0.293. The van der Waals surface area contributed by atoms with E-state index in [2.05, 4.69) is 20.2 Å². The lowest BCUT2D eigenvalue weighted by Crippen LogP contribution is -2.38. The summed E-state index contributed by atoms with van der Waals surface area (Å²) in [5, 5.41) is 13.7. The van der Waals surface area contributed by atoms with Crippen molar-refractivity contribution >= 4 is 23.4 Å². The molecule has 0 radical (unpaired) electrons. The number of aliphatic hydroxyl groups is 1. The first-order valence-corrected chi connectivity index (χ1v) is 9.40. The number of rotatable bonds is 5. The van der Waals surface area contributed by atoms with Crippen molar-refractivity contribution in [1.82, 2.24) is 9.97 Å². The van der Waals surface area contributed by atoms with Crippen molar-refractivity contribution in [3.63, 3.8) is 0 Å². The predicted molar refractivity (Wildman–Crippen MR) is 106 cm³/mol. The zero-order valence-electron chi connectivity index (χ0n) is 14.8. The molecule has 1 aromatic carbocycles. The number of nitrogens with one attached hydrogen (secondary N) is 1. The second-order valence-electron chi connectivity index (χ2n) is 6.61. The second-order valence-corrected chi connectivity index (χ2v) is 7.05. The molecule has 6 nitrogen and oxygen atoms in total. The average Bonchev–Trinajstić information content (AvgIpc) is 3.16. The standard InChI is InChI=1S/C20H21ClN4O2/c21-15-4-1-3-14(11-15)18-7-6-17(27-18)12-23-20-22-9-8-19(24-20)25-10-2-5-16(26)13-25/h1,3-4,6-9,11,16,26H,2,5,10,12-13H2,(H,22,23,24). The molecule has 1 unspecified atom stereocenters. The molecule has 1 atom stereocenters. The van der Waals surface area contributed by atoms with Crippen LogP contribution in [0.3, 0.4) is 0 Å². The number of hydrogen-bond acceptors (Lipinski definition) is 6. The first-order chi connectivity index (χ1) is 13.2. The highest BCUT2D eigenvalue weighted by Gasteiger charge is 2.19. The van der Waals surface area contributed by atoms with E-state index in [0.29, 0.717) is 24.1 Å². The maximum Gasteiger partial charge on any atom is 0.224 e. The Balaban J connectivity index is 1.41. The van der Waals surface area contributed by atoms with Gasteiger partial charge in [0.05, 0.1) is 12.6 Å². The summed E-state index contributed by atoms with van der Waals surface area (Å²) in [4.78, 5) is 10.9. The third kappa shape index (κ3) is 4.40. The molecular formula is C20H21ClN4O2. The van der Waals surface area contributed by atoms with E-state index in [4.69, 9.17) is 16.0 Å². The lowest BCUT2D eigenvalue weighted by molar-refractivity contribution is 0.154. The smallest absolute Gasteiger partial charge is 0.224 e. The van der Waals surface area contributed by atoms with Gasteiger partial charge in [-0.3, -0.25) is 0 Å². The third-order valence-electron chi connectivity index (χ3n) is 4.55. The van der Waals surface area contributed by atoms with Crippen LogP contribution in [0.15, 0.2) is 53.1 Å². The zero-order chi connectivity index (χ0) is 18.6. The summed E-state index contributed by atoms with van der Waals surface area (Å²) in [6.45, 7) is 1.99. The lowest BCUT2D eigenvalue weighted by Gasteiger charge is -2.31. The topological polar surface area (TPSA) is 74.4 Å². The highest BCUT2D eigenvalue weighted by molar-refractivity contribution is 6.30. The maximum atomic E-state index is 9.85. The number of furan rings is 1. The SMILES string of the molecule is OC1CCCN(c2ccnc(NCc3ccc(-c4cccc(Cl)c4)o3)n2)C1. The van der Waals surface area contributed by atoms with E-state index < -0.39 is 0 Å². The molecule has 1 aliphatic heterocycles. The number of hydrogen-bond donors (Lipinski definition) is 2. The van der Waals surface area contributed by atoms with Crippen molar-refractivity contribution in [3.8, 4) is 11.3 Å². The van der Waals surface area contributed by atoms with Gasteiger partial charge < -0.3 is 19.7 Å². The Hall–Kier alpha value is -2.57. The van der Waals surface area contributed by atoms with Crippen LogP contribution in [0.4, 0.5) is 11.8 Å². The van der Waals surface area contributed by atoms with Gasteiger partial charge in [0.25, 0.3) is 0 Å². The normalized spacial score (nSPS) is 17.1. The van der Waals surface area contributed by atoms with Crippen LogP contribution in [0, 0.1) is 0 Å². The molecule has 7 heteroatoms. The van der Waals surface area contributed by atoms with Gasteiger partial charge in [0.2, 0.25) is 5.95 Å². The Labute approximate surface area is 162 Å². The molecule has 1 aliphatic rings. The van der Waals surface area contributed by atoms with Gasteiger partial charge in [-0.15, -0.1) is 0 Å². The summed E-state index contributed by atoms with van der Waals surface area (Å²) in [6, 6.07) is 13.3. The molecule has 3 aromatic rings. The first kappa shape index (κ1) is 17.8. The van der Waals surface area contributed by atoms with Gasteiger partial charge in [-0.2, -0.15) is 4.98 Å². The van der Waals surface area contributed by atoms with Crippen LogP contribution < -0.4 is 10.2 Å². The van der Waals surface area contributed by atoms with Crippen molar-refractivity contribution in [2.75, 3.05) is 23.3 Å². The Morgan fingerprint density at radius 3 is 3.04 bits per heavy atom. The van der Waals surface area contributed by atoms with Crippen LogP contribution in [0.1, 0.15) is 18.6 Å². The van der Waals surface area contributed by atoms with E-state index in [-0.39, 0.29) is 6.10 Å². The van der Waals surface area contributed by atoms with Crippen molar-refractivity contribution < 1.29 is 9.52 Å². The molecule has 27 heavy (non-hydrogen) atoms. The molecule has 0 saturated carbocycles. The molecule has 140 valence electrons. The molecule has 4 rings (SSSR count). The molecule has 3 heterocycles. The fourth-order valence-corrected chi connectivity index (χ4v) is 3.40. The van der Waals surface area contributed by atoms with E-state index in [1.54, 1.807) is 6.20 Å². The quantitative estimate of drug-likeness (QED) is 0.693. The number of aromatic nitrogens is 2. The predicted octanol–water partition coefficient (Wildman–Crippen LogP) is 3.96. The first-order valence-electron chi connectivity index (χ1n) is 9.02. The molecule has 0 amide bonds. The largest absolute Gasteiger partial charge is 0.459 e. The number of nitrogens with zero attached hydrogens (tertiary/aromatic N) is 3. The number of β-amino-alcohol motifs (C(OH)–C–C–N with tert-alkyl or cyclic N) is 1. The lowest BCUT2D eigenvalue weighted by atomic mass is 10.1. The van der Waals surface area contributed by atoms with Crippen molar-refractivity contribution in [2.24, 2.45) is 0 Å². The summed E-state index contributed by atoms with van der Waals surface area (Å²) < 4.78 is 5.89. The number of anilines is 2. The molecule has 2 N–H and O–H groups in total. The van der Waals surface area contributed by atoms with Crippen LogP contribution in [0.2, 0.25) is 5.02 Å². The second kappa shape index (κ2) is 7.98. The minimum absolute atomic E-state index is 0.293. The summed E-state index contributed by atoms with van der Waals surface area (Å²) in [5.74, 6) is 2.91. The summed E-state index contributed by atoms with van der Waals surface area (Å²) in [7, 11) is 0. The Kier molecular flexibility index (Phi) is 5.27. The van der Waals surface area contributed by atoms with E-state index in [0.717, 1.165) is 42.3 Å². The fourth-order valence-electron chi connectivity index (χ4n) is 3.21. The number of halogens is 1. The van der Waals surface area contributed by atoms with Crippen LogP contribution in [0.5, 0.6) is 0 Å². The van der Waals surface area contributed by atoms with Crippen LogP contribution in [0.25, 0.3) is 11.3 Å². The van der Waals surface area contributed by atoms with E-state index in [9.17, 15) is 5.11 Å². The average molecular weight is 385 g/mol. The highest BCUT2D eigenvalue weighted by Crippen LogP contribution is 2.25. The third-order valence-corrected chi connectivity index (χ3v) is 4.79. The molecule has 1 fully saturated rings. The van der Waals surface area contributed by atoms with Gasteiger partial charge in [-0.25, -0.2) is 4.98 Å². The summed E-state index contributed by atoms with van der Waals surface area (Å²) >= 11 is 6.04. The van der Waals surface area contributed by atoms with Gasteiger partial charge in [-0.1, -0.05) is 23.7 Å².